The van der Waals surface area contributed by atoms with Gasteiger partial charge in [0.05, 0.1) is 5.02 Å². The molecule has 14 heavy (non-hydrogen) atoms. The first-order chi connectivity index (χ1) is 6.66. The highest BCUT2D eigenvalue weighted by molar-refractivity contribution is 6.33. The van der Waals surface area contributed by atoms with Crippen molar-refractivity contribution in [1.29, 1.82) is 0 Å². The topological polar surface area (TPSA) is 52.0 Å². The van der Waals surface area contributed by atoms with E-state index in [0.717, 1.165) is 0 Å². The number of nitrogens with two attached hydrogens (primary N) is 1. The molecule has 0 amide bonds. The molecule has 1 heterocycles. The van der Waals surface area contributed by atoms with E-state index in [9.17, 15) is 4.39 Å². The minimum atomic E-state index is -0.393. The maximum Gasteiger partial charge on any atom is 0.222 e. The van der Waals surface area contributed by atoms with Crippen molar-refractivity contribution in [3.8, 4) is 11.3 Å². The molecule has 1 aromatic heterocycles. The summed E-state index contributed by atoms with van der Waals surface area (Å²) in [5.41, 5.74) is 6.43. The van der Waals surface area contributed by atoms with E-state index in [-0.39, 0.29) is 10.9 Å². The van der Waals surface area contributed by atoms with Crippen LogP contribution in [0.5, 0.6) is 0 Å². The van der Waals surface area contributed by atoms with E-state index < -0.39 is 5.82 Å². The Morgan fingerprint density at radius 1 is 1.36 bits per heavy atom. The summed E-state index contributed by atoms with van der Waals surface area (Å²) >= 11 is 5.81. The van der Waals surface area contributed by atoms with Gasteiger partial charge in [0.25, 0.3) is 0 Å². The number of hydrogen-bond acceptors (Lipinski definition) is 3. The lowest BCUT2D eigenvalue weighted by Crippen LogP contribution is -1.81. The zero-order chi connectivity index (χ0) is 10.1. The average molecular weight is 213 g/mol. The molecule has 0 bridgehead atoms. The molecule has 0 atom stereocenters. The van der Waals surface area contributed by atoms with Crippen molar-refractivity contribution in [3.05, 3.63) is 35.1 Å². The SMILES string of the molecule is Nc1cc(-c2ccc(F)cc2Cl)no1. The van der Waals surface area contributed by atoms with Crippen molar-refractivity contribution in [2.75, 3.05) is 5.73 Å². The fourth-order valence-corrected chi connectivity index (χ4v) is 1.38. The molecule has 0 saturated heterocycles. The van der Waals surface area contributed by atoms with Crippen molar-refractivity contribution >= 4 is 17.5 Å². The lowest BCUT2D eigenvalue weighted by molar-refractivity contribution is 0.439. The molecule has 0 fully saturated rings. The lowest BCUT2D eigenvalue weighted by Gasteiger charge is -1.98. The number of hydrogen-bond donors (Lipinski definition) is 1. The summed E-state index contributed by atoms with van der Waals surface area (Å²) in [5, 5.41) is 3.95. The van der Waals surface area contributed by atoms with Crippen LogP contribution in [0.25, 0.3) is 11.3 Å². The van der Waals surface area contributed by atoms with Crippen molar-refractivity contribution < 1.29 is 8.91 Å². The maximum atomic E-state index is 12.7. The van der Waals surface area contributed by atoms with Crippen LogP contribution >= 0.6 is 11.6 Å². The van der Waals surface area contributed by atoms with Crippen LogP contribution in [-0.4, -0.2) is 5.16 Å². The van der Waals surface area contributed by atoms with Crippen LogP contribution in [0.3, 0.4) is 0 Å². The Kier molecular flexibility index (Phi) is 2.13. The first-order valence-electron chi connectivity index (χ1n) is 3.84. The summed E-state index contributed by atoms with van der Waals surface area (Å²) in [6.07, 6.45) is 0. The highest BCUT2D eigenvalue weighted by Gasteiger charge is 2.08. The Bertz CT molecular complexity index is 470. The van der Waals surface area contributed by atoms with Crippen LogP contribution in [0.15, 0.2) is 28.8 Å². The standard InChI is InChI=1S/C9H6ClFN2O/c10-7-3-5(11)1-2-6(7)8-4-9(12)14-13-8/h1-4H,12H2. The zero-order valence-corrected chi connectivity index (χ0v) is 7.75. The van der Waals surface area contributed by atoms with Gasteiger partial charge in [-0.05, 0) is 18.2 Å². The lowest BCUT2D eigenvalue weighted by atomic mass is 10.1. The summed E-state index contributed by atoms with van der Waals surface area (Å²) in [4.78, 5) is 0. The smallest absolute Gasteiger partial charge is 0.222 e. The molecule has 2 N–H and O–H groups in total. The third kappa shape index (κ3) is 1.56. The van der Waals surface area contributed by atoms with E-state index in [1.165, 1.54) is 24.3 Å². The van der Waals surface area contributed by atoms with Gasteiger partial charge in [0, 0.05) is 11.6 Å². The van der Waals surface area contributed by atoms with E-state index in [1.54, 1.807) is 0 Å². The second-order valence-corrected chi connectivity index (χ2v) is 3.15. The van der Waals surface area contributed by atoms with Crippen LogP contribution in [-0.2, 0) is 0 Å². The fraction of sp³-hybridized carbons (Fsp3) is 0. The summed E-state index contributed by atoms with van der Waals surface area (Å²) < 4.78 is 17.4. The molecule has 5 heteroatoms. The first-order valence-corrected chi connectivity index (χ1v) is 4.22. The summed E-state index contributed by atoms with van der Waals surface area (Å²) in [5.74, 6) is -0.199. The monoisotopic (exact) mass is 212 g/mol. The third-order valence-corrected chi connectivity index (χ3v) is 2.05. The second kappa shape index (κ2) is 3.31. The first kappa shape index (κ1) is 9.02. The number of benzene rings is 1. The van der Waals surface area contributed by atoms with E-state index >= 15 is 0 Å². The Morgan fingerprint density at radius 2 is 2.14 bits per heavy atom. The Labute approximate surface area is 84.3 Å². The fourth-order valence-electron chi connectivity index (χ4n) is 1.11. The Morgan fingerprint density at radius 3 is 2.71 bits per heavy atom. The highest BCUT2D eigenvalue weighted by Crippen LogP contribution is 2.28. The Balaban J connectivity index is 2.52. The number of anilines is 1. The molecule has 2 rings (SSSR count). The van der Waals surface area contributed by atoms with Gasteiger partial charge in [0.2, 0.25) is 5.88 Å². The van der Waals surface area contributed by atoms with Crippen LogP contribution < -0.4 is 5.73 Å². The number of aromatic nitrogens is 1. The predicted octanol–water partition coefficient (Wildman–Crippen LogP) is 2.72. The molecule has 3 nitrogen and oxygen atoms in total. The van der Waals surface area contributed by atoms with Crippen molar-refractivity contribution in [2.45, 2.75) is 0 Å². The van der Waals surface area contributed by atoms with Gasteiger partial charge < -0.3 is 10.3 Å². The van der Waals surface area contributed by atoms with Gasteiger partial charge in [-0.3, -0.25) is 0 Å². The molecular formula is C9H6ClFN2O. The minimum absolute atomic E-state index is 0.195. The minimum Gasteiger partial charge on any atom is -0.368 e. The molecule has 0 saturated carbocycles. The van der Waals surface area contributed by atoms with Gasteiger partial charge in [-0.2, -0.15) is 0 Å². The van der Waals surface area contributed by atoms with Gasteiger partial charge in [0.15, 0.2) is 0 Å². The molecule has 1 aromatic carbocycles. The molecule has 0 aliphatic rings. The quantitative estimate of drug-likeness (QED) is 0.791. The summed E-state index contributed by atoms with van der Waals surface area (Å²) in [6, 6.07) is 5.56. The number of rotatable bonds is 1. The number of nitrogens with zero attached hydrogens (tertiary/aromatic N) is 1. The average Bonchev–Trinajstić information content (AvgIpc) is 2.51. The predicted molar refractivity (Wildman–Crippen MR) is 51.3 cm³/mol. The molecule has 0 unspecified atom stereocenters. The zero-order valence-electron chi connectivity index (χ0n) is 7.00. The second-order valence-electron chi connectivity index (χ2n) is 2.74. The van der Waals surface area contributed by atoms with Gasteiger partial charge in [-0.25, -0.2) is 4.39 Å². The third-order valence-electron chi connectivity index (χ3n) is 1.74. The van der Waals surface area contributed by atoms with Crippen molar-refractivity contribution in [2.24, 2.45) is 0 Å². The van der Waals surface area contributed by atoms with E-state index in [4.69, 9.17) is 17.3 Å². The summed E-state index contributed by atoms with van der Waals surface area (Å²) in [7, 11) is 0. The van der Waals surface area contributed by atoms with Crippen LogP contribution in [0.2, 0.25) is 5.02 Å². The molecule has 72 valence electrons. The van der Waals surface area contributed by atoms with E-state index in [2.05, 4.69) is 9.68 Å². The molecule has 2 aromatic rings. The van der Waals surface area contributed by atoms with Crippen LogP contribution in [0.1, 0.15) is 0 Å². The van der Waals surface area contributed by atoms with Gasteiger partial charge in [0.1, 0.15) is 11.5 Å². The van der Waals surface area contributed by atoms with Gasteiger partial charge in [-0.1, -0.05) is 16.8 Å². The van der Waals surface area contributed by atoms with Crippen LogP contribution in [0.4, 0.5) is 10.3 Å². The number of halogens is 2. The highest BCUT2D eigenvalue weighted by atomic mass is 35.5. The van der Waals surface area contributed by atoms with Gasteiger partial charge >= 0.3 is 0 Å². The maximum absolute atomic E-state index is 12.7. The molecule has 0 aliphatic heterocycles. The van der Waals surface area contributed by atoms with Crippen LogP contribution in [0, 0.1) is 5.82 Å². The van der Waals surface area contributed by atoms with Crippen molar-refractivity contribution in [3.63, 3.8) is 0 Å². The largest absolute Gasteiger partial charge is 0.368 e. The van der Waals surface area contributed by atoms with E-state index in [0.29, 0.717) is 11.3 Å². The van der Waals surface area contributed by atoms with E-state index in [1.807, 2.05) is 0 Å². The molecule has 0 aliphatic carbocycles. The number of nitrogen functional groups attached to an aromatic ring is 1. The normalized spacial score (nSPS) is 10.4. The van der Waals surface area contributed by atoms with Crippen molar-refractivity contribution in [1.82, 2.24) is 5.16 Å². The summed E-state index contributed by atoms with van der Waals surface area (Å²) in [6.45, 7) is 0. The molecule has 0 spiro atoms. The molecular weight excluding hydrogens is 207 g/mol. The molecule has 0 radical (unpaired) electrons. The Hall–Kier alpha value is -1.55. The van der Waals surface area contributed by atoms with Gasteiger partial charge in [-0.15, -0.1) is 0 Å².